The Morgan fingerprint density at radius 3 is 2.56 bits per heavy atom. The molecule has 0 aliphatic carbocycles. The van der Waals surface area contributed by atoms with Crippen molar-refractivity contribution in [3.8, 4) is 0 Å². The van der Waals surface area contributed by atoms with Gasteiger partial charge >= 0.3 is 11.9 Å². The second kappa shape index (κ2) is 6.61. The van der Waals surface area contributed by atoms with E-state index in [-0.39, 0.29) is 13.3 Å². The standard InChI is InChI=1S/C12H16N2O4/c1-8(12(16)18-7-13)11(15)17-6-9-3-2-4-10(14)5-9/h2-5,8H,6-7,13-14H2,1H3. The monoisotopic (exact) mass is 252 g/mol. The molecule has 0 aliphatic rings. The van der Waals surface area contributed by atoms with Crippen LogP contribution in [0, 0.1) is 5.92 Å². The summed E-state index contributed by atoms with van der Waals surface area (Å²) in [6.07, 6.45) is 0. The van der Waals surface area contributed by atoms with Crippen LogP contribution in [0.2, 0.25) is 0 Å². The Morgan fingerprint density at radius 1 is 1.28 bits per heavy atom. The molecule has 0 saturated heterocycles. The van der Waals surface area contributed by atoms with Gasteiger partial charge in [0.05, 0.1) is 0 Å². The van der Waals surface area contributed by atoms with E-state index in [2.05, 4.69) is 4.74 Å². The highest BCUT2D eigenvalue weighted by atomic mass is 16.6. The summed E-state index contributed by atoms with van der Waals surface area (Å²) in [5.41, 5.74) is 12.0. The van der Waals surface area contributed by atoms with E-state index < -0.39 is 17.9 Å². The Labute approximate surface area is 105 Å². The number of nitrogens with two attached hydrogens (primary N) is 2. The van der Waals surface area contributed by atoms with Crippen molar-refractivity contribution in [2.45, 2.75) is 13.5 Å². The molecule has 0 aromatic heterocycles. The van der Waals surface area contributed by atoms with E-state index in [4.69, 9.17) is 16.2 Å². The van der Waals surface area contributed by atoms with Crippen LogP contribution in [0.4, 0.5) is 5.69 Å². The summed E-state index contributed by atoms with van der Waals surface area (Å²) in [6, 6.07) is 6.94. The zero-order valence-electron chi connectivity index (χ0n) is 10.1. The van der Waals surface area contributed by atoms with Crippen molar-refractivity contribution >= 4 is 17.6 Å². The summed E-state index contributed by atoms with van der Waals surface area (Å²) >= 11 is 0. The minimum Gasteiger partial charge on any atom is -0.460 e. The molecule has 1 unspecified atom stereocenters. The molecule has 6 heteroatoms. The number of hydrogen-bond acceptors (Lipinski definition) is 6. The van der Waals surface area contributed by atoms with Gasteiger partial charge in [-0.1, -0.05) is 12.1 Å². The topological polar surface area (TPSA) is 105 Å². The van der Waals surface area contributed by atoms with Gasteiger partial charge in [0.2, 0.25) is 0 Å². The zero-order valence-corrected chi connectivity index (χ0v) is 10.1. The second-order valence-electron chi connectivity index (χ2n) is 3.70. The third kappa shape index (κ3) is 4.06. The predicted molar refractivity (Wildman–Crippen MR) is 65.0 cm³/mol. The Balaban J connectivity index is 2.48. The number of anilines is 1. The fraction of sp³-hybridized carbons (Fsp3) is 0.333. The number of hydrogen-bond donors (Lipinski definition) is 2. The molecule has 0 radical (unpaired) electrons. The molecule has 1 aromatic carbocycles. The van der Waals surface area contributed by atoms with E-state index in [1.165, 1.54) is 6.92 Å². The molecule has 18 heavy (non-hydrogen) atoms. The van der Waals surface area contributed by atoms with E-state index >= 15 is 0 Å². The molecular formula is C12H16N2O4. The minimum atomic E-state index is -0.991. The zero-order chi connectivity index (χ0) is 13.5. The molecule has 0 heterocycles. The quantitative estimate of drug-likeness (QED) is 0.340. The largest absolute Gasteiger partial charge is 0.460 e. The summed E-state index contributed by atoms with van der Waals surface area (Å²) in [5, 5.41) is 0. The summed E-state index contributed by atoms with van der Waals surface area (Å²) in [6.45, 7) is 1.20. The van der Waals surface area contributed by atoms with Crippen LogP contribution in [0.25, 0.3) is 0 Å². The van der Waals surface area contributed by atoms with Crippen molar-refractivity contribution in [2.75, 3.05) is 12.5 Å². The van der Waals surface area contributed by atoms with Gasteiger partial charge in [-0.2, -0.15) is 0 Å². The van der Waals surface area contributed by atoms with Crippen LogP contribution < -0.4 is 11.5 Å². The van der Waals surface area contributed by atoms with Crippen molar-refractivity contribution in [1.29, 1.82) is 0 Å². The highest BCUT2D eigenvalue weighted by Gasteiger charge is 2.24. The number of esters is 2. The normalized spacial score (nSPS) is 11.7. The Kier molecular flexibility index (Phi) is 5.13. The van der Waals surface area contributed by atoms with Gasteiger partial charge in [-0.05, 0) is 24.6 Å². The van der Waals surface area contributed by atoms with E-state index in [1.54, 1.807) is 24.3 Å². The van der Waals surface area contributed by atoms with Crippen LogP contribution in [0.15, 0.2) is 24.3 Å². The fourth-order valence-corrected chi connectivity index (χ4v) is 1.27. The minimum absolute atomic E-state index is 0.0596. The van der Waals surface area contributed by atoms with Gasteiger partial charge in [-0.15, -0.1) is 0 Å². The lowest BCUT2D eigenvalue weighted by atomic mass is 10.2. The van der Waals surface area contributed by atoms with Crippen LogP contribution in [-0.2, 0) is 25.7 Å². The first-order chi connectivity index (χ1) is 8.54. The molecule has 98 valence electrons. The molecule has 0 saturated carbocycles. The maximum Gasteiger partial charge on any atom is 0.321 e. The third-order valence-corrected chi connectivity index (χ3v) is 2.26. The summed E-state index contributed by atoms with van der Waals surface area (Å²) < 4.78 is 9.49. The average molecular weight is 252 g/mol. The van der Waals surface area contributed by atoms with Crippen molar-refractivity contribution in [1.82, 2.24) is 0 Å². The van der Waals surface area contributed by atoms with Crippen LogP contribution in [-0.4, -0.2) is 18.7 Å². The van der Waals surface area contributed by atoms with Gasteiger partial charge < -0.3 is 15.2 Å². The number of carbonyl (C=O) groups excluding carboxylic acids is 2. The number of benzene rings is 1. The molecule has 1 aromatic rings. The van der Waals surface area contributed by atoms with Crippen molar-refractivity contribution in [2.24, 2.45) is 11.7 Å². The fourth-order valence-electron chi connectivity index (χ4n) is 1.27. The van der Waals surface area contributed by atoms with Gasteiger partial charge in [0.15, 0.2) is 5.92 Å². The van der Waals surface area contributed by atoms with Gasteiger partial charge in [0, 0.05) is 5.69 Å². The van der Waals surface area contributed by atoms with Crippen LogP contribution in [0.5, 0.6) is 0 Å². The maximum absolute atomic E-state index is 11.5. The Morgan fingerprint density at radius 2 is 1.94 bits per heavy atom. The molecule has 1 rings (SSSR count). The highest BCUT2D eigenvalue weighted by Crippen LogP contribution is 2.09. The van der Waals surface area contributed by atoms with Gasteiger partial charge in [0.1, 0.15) is 13.3 Å². The van der Waals surface area contributed by atoms with Crippen LogP contribution >= 0.6 is 0 Å². The first-order valence-electron chi connectivity index (χ1n) is 5.42. The van der Waals surface area contributed by atoms with E-state index in [1.807, 2.05) is 0 Å². The number of nitrogen functional groups attached to an aromatic ring is 1. The molecule has 6 nitrogen and oxygen atoms in total. The lowest BCUT2D eigenvalue weighted by molar-refractivity contribution is -0.161. The van der Waals surface area contributed by atoms with Crippen LogP contribution in [0.3, 0.4) is 0 Å². The highest BCUT2D eigenvalue weighted by molar-refractivity contribution is 5.94. The summed E-state index contributed by atoms with van der Waals surface area (Å²) in [4.78, 5) is 22.7. The summed E-state index contributed by atoms with van der Waals surface area (Å²) in [5.74, 6) is -2.35. The average Bonchev–Trinajstić information content (AvgIpc) is 2.35. The molecule has 1 atom stereocenters. The van der Waals surface area contributed by atoms with Gasteiger partial charge in [-0.3, -0.25) is 15.3 Å². The first-order valence-corrected chi connectivity index (χ1v) is 5.42. The maximum atomic E-state index is 11.5. The van der Waals surface area contributed by atoms with Crippen LogP contribution in [0.1, 0.15) is 12.5 Å². The molecule has 0 fully saturated rings. The van der Waals surface area contributed by atoms with Crippen molar-refractivity contribution < 1.29 is 19.1 Å². The van der Waals surface area contributed by atoms with Gasteiger partial charge in [0.25, 0.3) is 0 Å². The number of ether oxygens (including phenoxy) is 2. The molecular weight excluding hydrogens is 236 g/mol. The molecule has 0 aliphatic heterocycles. The van der Waals surface area contributed by atoms with Gasteiger partial charge in [-0.25, -0.2) is 0 Å². The smallest absolute Gasteiger partial charge is 0.321 e. The predicted octanol–water partition coefficient (Wildman–Crippen LogP) is 0.407. The molecule has 0 bridgehead atoms. The lowest BCUT2D eigenvalue weighted by Crippen LogP contribution is -2.27. The second-order valence-corrected chi connectivity index (χ2v) is 3.70. The van der Waals surface area contributed by atoms with Crippen molar-refractivity contribution in [3.63, 3.8) is 0 Å². The van der Waals surface area contributed by atoms with E-state index in [9.17, 15) is 9.59 Å². The Hall–Kier alpha value is -2.08. The summed E-state index contributed by atoms with van der Waals surface area (Å²) in [7, 11) is 0. The lowest BCUT2D eigenvalue weighted by Gasteiger charge is -2.10. The molecule has 4 N–H and O–H groups in total. The Bertz CT molecular complexity index is 434. The first kappa shape index (κ1) is 14.0. The molecule has 0 spiro atoms. The van der Waals surface area contributed by atoms with E-state index in [0.29, 0.717) is 5.69 Å². The van der Waals surface area contributed by atoms with Crippen molar-refractivity contribution in [3.05, 3.63) is 29.8 Å². The third-order valence-electron chi connectivity index (χ3n) is 2.26. The molecule has 0 amide bonds. The number of rotatable bonds is 5. The number of carbonyl (C=O) groups is 2. The SMILES string of the molecule is CC(C(=O)OCN)C(=O)OCc1cccc(N)c1. The van der Waals surface area contributed by atoms with E-state index in [0.717, 1.165) is 5.56 Å².